The minimum Gasteiger partial charge on any atom is -0.357 e. The standard InChI is InChI=1S/C19H32N4O2S.HI/c1-4-20-19(21-11-12-26(24,25)5-2)22-18-13-16(3)23(15-18)14-17-9-7-6-8-10-17;/h6-10,16,18H,4-5,11-15H2,1-3H3,(H2,20,21,22);1H. The molecule has 2 atom stereocenters. The van der Waals surface area contributed by atoms with E-state index in [1.54, 1.807) is 6.92 Å². The molecule has 0 saturated carbocycles. The molecule has 6 nitrogen and oxygen atoms in total. The van der Waals surface area contributed by atoms with Crippen molar-refractivity contribution < 1.29 is 8.42 Å². The Labute approximate surface area is 181 Å². The van der Waals surface area contributed by atoms with Gasteiger partial charge in [0.2, 0.25) is 0 Å². The number of sulfone groups is 1. The number of benzene rings is 1. The first kappa shape index (κ1) is 24.2. The van der Waals surface area contributed by atoms with Gasteiger partial charge in [-0.2, -0.15) is 0 Å². The van der Waals surface area contributed by atoms with Crippen LogP contribution < -0.4 is 10.6 Å². The molecule has 2 N–H and O–H groups in total. The number of guanidine groups is 1. The smallest absolute Gasteiger partial charge is 0.191 e. The van der Waals surface area contributed by atoms with Crippen molar-refractivity contribution in [2.24, 2.45) is 4.99 Å². The molecule has 1 aliphatic heterocycles. The second-order valence-corrected chi connectivity index (χ2v) is 9.31. The predicted molar refractivity (Wildman–Crippen MR) is 124 cm³/mol. The minimum absolute atomic E-state index is 0. The fourth-order valence-corrected chi connectivity index (χ4v) is 3.85. The van der Waals surface area contributed by atoms with Crippen LogP contribution in [-0.2, 0) is 16.4 Å². The molecule has 0 amide bonds. The van der Waals surface area contributed by atoms with Crippen LogP contribution in [0.15, 0.2) is 35.3 Å². The highest BCUT2D eigenvalue weighted by molar-refractivity contribution is 14.0. The van der Waals surface area contributed by atoms with Gasteiger partial charge in [-0.05, 0) is 25.8 Å². The van der Waals surface area contributed by atoms with Crippen LogP contribution in [-0.4, -0.2) is 62.5 Å². The molecule has 1 fully saturated rings. The molecule has 0 aliphatic carbocycles. The Morgan fingerprint density at radius 1 is 1.26 bits per heavy atom. The third-order valence-corrected chi connectivity index (χ3v) is 6.41. The number of halogens is 1. The summed E-state index contributed by atoms with van der Waals surface area (Å²) in [4.78, 5) is 6.91. The summed E-state index contributed by atoms with van der Waals surface area (Å²) in [6.07, 6.45) is 1.05. The lowest BCUT2D eigenvalue weighted by molar-refractivity contribution is 0.258. The SMILES string of the molecule is CCNC(=NCCS(=O)(=O)CC)NC1CC(C)N(Cc2ccccc2)C1.I. The highest BCUT2D eigenvalue weighted by Gasteiger charge is 2.29. The van der Waals surface area contributed by atoms with Crippen LogP contribution in [0.25, 0.3) is 0 Å². The van der Waals surface area contributed by atoms with Crippen LogP contribution in [0, 0.1) is 0 Å². The van der Waals surface area contributed by atoms with Crippen LogP contribution in [0.4, 0.5) is 0 Å². The number of aliphatic imine (C=N–C) groups is 1. The average Bonchev–Trinajstić information content (AvgIpc) is 2.95. The van der Waals surface area contributed by atoms with Crippen molar-refractivity contribution >= 4 is 39.8 Å². The molecule has 27 heavy (non-hydrogen) atoms. The van der Waals surface area contributed by atoms with E-state index < -0.39 is 9.84 Å². The molecule has 0 radical (unpaired) electrons. The zero-order chi connectivity index (χ0) is 19.0. The van der Waals surface area contributed by atoms with E-state index in [1.807, 2.05) is 13.0 Å². The zero-order valence-electron chi connectivity index (χ0n) is 16.5. The molecule has 1 aromatic rings. The van der Waals surface area contributed by atoms with Gasteiger partial charge in [-0.3, -0.25) is 9.89 Å². The molecular formula is C19H33IN4O2S. The highest BCUT2D eigenvalue weighted by Crippen LogP contribution is 2.20. The molecule has 1 aromatic carbocycles. The van der Waals surface area contributed by atoms with E-state index in [1.165, 1.54) is 5.56 Å². The van der Waals surface area contributed by atoms with Gasteiger partial charge in [0, 0.05) is 37.5 Å². The number of nitrogens with zero attached hydrogens (tertiary/aromatic N) is 2. The van der Waals surface area contributed by atoms with E-state index in [0.717, 1.165) is 26.1 Å². The van der Waals surface area contributed by atoms with Crippen LogP contribution >= 0.6 is 24.0 Å². The predicted octanol–water partition coefficient (Wildman–Crippen LogP) is 2.26. The summed E-state index contributed by atoms with van der Waals surface area (Å²) in [5.74, 6) is 0.972. The van der Waals surface area contributed by atoms with Crippen LogP contribution in [0.5, 0.6) is 0 Å². The lowest BCUT2D eigenvalue weighted by atomic mass is 10.2. The maximum Gasteiger partial charge on any atom is 0.191 e. The largest absolute Gasteiger partial charge is 0.357 e. The van der Waals surface area contributed by atoms with Crippen LogP contribution in [0.3, 0.4) is 0 Å². The lowest BCUT2D eigenvalue weighted by Crippen LogP contribution is -2.44. The summed E-state index contributed by atoms with van der Waals surface area (Å²) in [6.45, 7) is 8.88. The van der Waals surface area contributed by atoms with E-state index in [4.69, 9.17) is 0 Å². The summed E-state index contributed by atoms with van der Waals surface area (Å²) >= 11 is 0. The normalized spacial score (nSPS) is 20.9. The second-order valence-electron chi connectivity index (χ2n) is 6.84. The summed E-state index contributed by atoms with van der Waals surface area (Å²) in [7, 11) is -2.98. The van der Waals surface area contributed by atoms with Crippen molar-refractivity contribution in [2.75, 3.05) is 31.1 Å². The molecule has 2 rings (SSSR count). The first-order valence-electron chi connectivity index (χ1n) is 9.46. The molecule has 1 saturated heterocycles. The Hall–Kier alpha value is -0.870. The second kappa shape index (κ2) is 11.9. The zero-order valence-corrected chi connectivity index (χ0v) is 19.7. The van der Waals surface area contributed by atoms with Crippen molar-refractivity contribution in [3.05, 3.63) is 35.9 Å². The molecule has 0 aromatic heterocycles. The molecule has 154 valence electrons. The molecule has 0 bridgehead atoms. The van der Waals surface area contributed by atoms with Crippen molar-refractivity contribution in [3.8, 4) is 0 Å². The Balaban J connectivity index is 0.00000364. The molecule has 8 heteroatoms. The number of rotatable bonds is 8. The van der Waals surface area contributed by atoms with Gasteiger partial charge < -0.3 is 10.6 Å². The Morgan fingerprint density at radius 2 is 1.96 bits per heavy atom. The first-order chi connectivity index (χ1) is 12.4. The molecule has 1 aliphatic rings. The Morgan fingerprint density at radius 3 is 2.59 bits per heavy atom. The van der Waals surface area contributed by atoms with Gasteiger partial charge in [0.1, 0.15) is 0 Å². The fraction of sp³-hybridized carbons (Fsp3) is 0.632. The summed E-state index contributed by atoms with van der Waals surface area (Å²) in [5, 5.41) is 6.69. The Bertz CT molecular complexity index is 682. The van der Waals surface area contributed by atoms with Gasteiger partial charge in [0.05, 0.1) is 12.3 Å². The quantitative estimate of drug-likeness (QED) is 0.320. The van der Waals surface area contributed by atoms with Crippen LogP contribution in [0.1, 0.15) is 32.8 Å². The molecule has 2 unspecified atom stereocenters. The van der Waals surface area contributed by atoms with Crippen molar-refractivity contribution in [1.29, 1.82) is 0 Å². The molecule has 0 spiro atoms. The topological polar surface area (TPSA) is 73.8 Å². The number of hydrogen-bond acceptors (Lipinski definition) is 4. The third kappa shape index (κ3) is 8.35. The van der Waals surface area contributed by atoms with Gasteiger partial charge in [-0.15, -0.1) is 24.0 Å². The van der Waals surface area contributed by atoms with Gasteiger partial charge in [-0.25, -0.2) is 8.42 Å². The van der Waals surface area contributed by atoms with Gasteiger partial charge in [0.15, 0.2) is 15.8 Å². The number of hydrogen-bond donors (Lipinski definition) is 2. The first-order valence-corrected chi connectivity index (χ1v) is 11.3. The number of nitrogens with one attached hydrogen (secondary N) is 2. The van der Waals surface area contributed by atoms with Gasteiger partial charge >= 0.3 is 0 Å². The van der Waals surface area contributed by atoms with E-state index in [2.05, 4.69) is 51.7 Å². The molecule has 1 heterocycles. The van der Waals surface area contributed by atoms with E-state index in [0.29, 0.717) is 24.6 Å². The minimum atomic E-state index is -2.98. The van der Waals surface area contributed by atoms with Crippen molar-refractivity contribution in [3.63, 3.8) is 0 Å². The summed E-state index contributed by atoms with van der Waals surface area (Å²) in [6, 6.07) is 11.3. The van der Waals surface area contributed by atoms with Crippen LogP contribution in [0.2, 0.25) is 0 Å². The van der Waals surface area contributed by atoms with Gasteiger partial charge in [0.25, 0.3) is 0 Å². The van der Waals surface area contributed by atoms with Crippen molar-refractivity contribution in [2.45, 2.75) is 45.8 Å². The van der Waals surface area contributed by atoms with E-state index in [9.17, 15) is 8.42 Å². The summed E-state index contributed by atoms with van der Waals surface area (Å²) in [5.41, 5.74) is 1.32. The fourth-order valence-electron chi connectivity index (χ4n) is 3.20. The lowest BCUT2D eigenvalue weighted by Gasteiger charge is -2.21. The van der Waals surface area contributed by atoms with E-state index in [-0.39, 0.29) is 35.5 Å². The average molecular weight is 508 g/mol. The Kier molecular flexibility index (Phi) is 10.6. The monoisotopic (exact) mass is 508 g/mol. The van der Waals surface area contributed by atoms with Gasteiger partial charge in [-0.1, -0.05) is 37.3 Å². The van der Waals surface area contributed by atoms with E-state index >= 15 is 0 Å². The third-order valence-electron chi connectivity index (χ3n) is 4.73. The van der Waals surface area contributed by atoms with Crippen molar-refractivity contribution in [1.82, 2.24) is 15.5 Å². The number of likely N-dealkylation sites (tertiary alicyclic amines) is 1. The maximum atomic E-state index is 11.6. The summed E-state index contributed by atoms with van der Waals surface area (Å²) < 4.78 is 23.3. The maximum absolute atomic E-state index is 11.6. The highest BCUT2D eigenvalue weighted by atomic mass is 127. The molecular weight excluding hydrogens is 475 g/mol.